The van der Waals surface area contributed by atoms with Crippen LogP contribution in [0.4, 0.5) is 16.2 Å². The Kier molecular flexibility index (Phi) is 8.52. The number of ketones is 1. The van der Waals surface area contributed by atoms with E-state index in [-0.39, 0.29) is 18.1 Å². The van der Waals surface area contributed by atoms with Gasteiger partial charge in [0.2, 0.25) is 0 Å². The Labute approximate surface area is 251 Å². The summed E-state index contributed by atoms with van der Waals surface area (Å²) in [7, 11) is -3.32. The highest BCUT2D eigenvalue weighted by atomic mass is 35.5. The highest BCUT2D eigenvalue weighted by Gasteiger charge is 2.48. The molecule has 0 saturated carbocycles. The van der Waals surface area contributed by atoms with Gasteiger partial charge >= 0.3 is 6.09 Å². The van der Waals surface area contributed by atoms with E-state index in [1.165, 1.54) is 11.2 Å². The maximum absolute atomic E-state index is 13.7. The van der Waals surface area contributed by atoms with Gasteiger partial charge in [-0.25, -0.2) is 13.2 Å². The van der Waals surface area contributed by atoms with Crippen LogP contribution in [0.5, 0.6) is 0 Å². The number of nitrogens with one attached hydrogen (secondary N) is 1. The number of carbonyl (C=O) groups is 2. The highest BCUT2D eigenvalue weighted by molar-refractivity contribution is 7.89. The molecule has 0 radical (unpaired) electrons. The van der Waals surface area contributed by atoms with Crippen LogP contribution in [0.3, 0.4) is 0 Å². The minimum atomic E-state index is -3.32. The Morgan fingerprint density at radius 3 is 2.43 bits per heavy atom. The molecule has 2 aliphatic heterocycles. The van der Waals surface area contributed by atoms with Crippen LogP contribution in [0.25, 0.3) is 0 Å². The van der Waals surface area contributed by atoms with Gasteiger partial charge in [-0.05, 0) is 67.8 Å². The number of sulfone groups is 1. The average Bonchev–Trinajstić information content (AvgIpc) is 3.32. The molecule has 3 aromatic rings. The number of amides is 1. The molecule has 0 aromatic heterocycles. The molecule has 42 heavy (non-hydrogen) atoms. The first kappa shape index (κ1) is 29.5. The van der Waals surface area contributed by atoms with Gasteiger partial charge in [-0.1, -0.05) is 48.0 Å². The van der Waals surface area contributed by atoms with E-state index in [9.17, 15) is 18.0 Å². The van der Waals surface area contributed by atoms with Crippen molar-refractivity contribution in [2.24, 2.45) is 10.9 Å². The Balaban J connectivity index is 1.63. The molecule has 5 rings (SSSR count). The van der Waals surface area contributed by atoms with E-state index < -0.39 is 33.9 Å². The lowest BCUT2D eigenvalue weighted by Gasteiger charge is -2.31. The van der Waals surface area contributed by atoms with Gasteiger partial charge in [0.05, 0.1) is 30.0 Å². The summed E-state index contributed by atoms with van der Waals surface area (Å²) in [5.41, 5.74) is 4.76. The fourth-order valence-corrected chi connectivity index (χ4v) is 6.41. The molecule has 3 aromatic carbocycles. The normalized spacial score (nSPS) is 20.0. The van der Waals surface area contributed by atoms with Crippen molar-refractivity contribution in [1.29, 1.82) is 0 Å². The topological polar surface area (TPSA) is 105 Å². The van der Waals surface area contributed by atoms with Crippen molar-refractivity contribution in [3.8, 4) is 0 Å². The molecule has 3 unspecified atom stereocenters. The number of benzene rings is 3. The van der Waals surface area contributed by atoms with Crippen LogP contribution in [0, 0.1) is 5.92 Å². The van der Waals surface area contributed by atoms with E-state index in [1.807, 2.05) is 48.5 Å². The number of hydrogen-bond acceptors (Lipinski definition) is 7. The van der Waals surface area contributed by atoms with E-state index in [2.05, 4.69) is 5.32 Å². The molecular weight excluding hydrogens is 574 g/mol. The van der Waals surface area contributed by atoms with Crippen molar-refractivity contribution in [2.45, 2.75) is 38.1 Å². The third-order valence-electron chi connectivity index (χ3n) is 7.33. The number of fused-ring (bicyclic) bond motifs is 1. The molecule has 0 aliphatic carbocycles. The van der Waals surface area contributed by atoms with Crippen LogP contribution in [0.15, 0.2) is 89.6 Å². The standard InChI is InChI=1S/C32H32ClN3O5S/c1-4-41-32(38)36-18-26-29(28(36)17-21-8-6-5-7-9-21)31(37)20(2)34-30(26)25-16-22(19-42(3,39)40)10-15-27(25)35-24-13-11-23(33)12-14-24/h5-16,18,20,28-29,35H,4,17,19H2,1-3H3. The second-order valence-corrected chi connectivity index (χ2v) is 13.1. The summed E-state index contributed by atoms with van der Waals surface area (Å²) in [6.07, 6.45) is 2.77. The summed E-state index contributed by atoms with van der Waals surface area (Å²) in [4.78, 5) is 33.3. The molecule has 1 N–H and O–H groups in total. The fraction of sp³-hybridized carbons (Fsp3) is 0.281. The van der Waals surface area contributed by atoms with Gasteiger partial charge in [-0.2, -0.15) is 0 Å². The summed E-state index contributed by atoms with van der Waals surface area (Å²) >= 11 is 6.09. The molecule has 3 atom stereocenters. The van der Waals surface area contributed by atoms with Crippen molar-refractivity contribution in [3.05, 3.63) is 106 Å². The Morgan fingerprint density at radius 1 is 1.05 bits per heavy atom. The molecule has 0 spiro atoms. The molecule has 218 valence electrons. The number of ether oxygens (including phenoxy) is 1. The molecule has 0 saturated heterocycles. The predicted molar refractivity (Wildman–Crippen MR) is 165 cm³/mol. The summed E-state index contributed by atoms with van der Waals surface area (Å²) in [6, 6.07) is 21.1. The van der Waals surface area contributed by atoms with E-state index >= 15 is 0 Å². The van der Waals surface area contributed by atoms with E-state index in [1.54, 1.807) is 44.3 Å². The zero-order chi connectivity index (χ0) is 30.0. The van der Waals surface area contributed by atoms with Crippen LogP contribution in [0.1, 0.15) is 30.5 Å². The maximum atomic E-state index is 13.7. The molecular formula is C32H32ClN3O5S. The molecule has 1 amide bonds. The number of anilines is 2. The number of hydrogen-bond donors (Lipinski definition) is 1. The third kappa shape index (κ3) is 6.42. The molecule has 0 fully saturated rings. The molecule has 2 heterocycles. The second-order valence-electron chi connectivity index (χ2n) is 10.6. The Bertz CT molecular complexity index is 1670. The zero-order valence-electron chi connectivity index (χ0n) is 23.6. The quantitative estimate of drug-likeness (QED) is 0.339. The first-order valence-corrected chi connectivity index (χ1v) is 16.1. The van der Waals surface area contributed by atoms with Gasteiger partial charge in [0.1, 0.15) is 6.04 Å². The van der Waals surface area contributed by atoms with Gasteiger partial charge in [0.15, 0.2) is 15.6 Å². The van der Waals surface area contributed by atoms with E-state index in [0.717, 1.165) is 11.3 Å². The lowest BCUT2D eigenvalue weighted by atomic mass is 9.78. The van der Waals surface area contributed by atoms with E-state index in [0.29, 0.717) is 39.5 Å². The Morgan fingerprint density at radius 2 is 1.76 bits per heavy atom. The SMILES string of the molecule is CCOC(=O)N1C=C2C(c3cc(CS(C)(=O)=O)ccc3Nc3ccc(Cl)cc3)=NC(C)C(=O)C2C1Cc1ccccc1. The first-order valence-electron chi connectivity index (χ1n) is 13.7. The van der Waals surface area contributed by atoms with Crippen molar-refractivity contribution < 1.29 is 22.7 Å². The molecule has 8 nitrogen and oxygen atoms in total. The fourth-order valence-electron chi connectivity index (χ4n) is 5.50. The monoisotopic (exact) mass is 605 g/mol. The summed E-state index contributed by atoms with van der Waals surface area (Å²) < 4.78 is 29.8. The predicted octanol–water partition coefficient (Wildman–Crippen LogP) is 5.97. The summed E-state index contributed by atoms with van der Waals surface area (Å²) in [5.74, 6) is -0.881. The number of rotatable bonds is 8. The lowest BCUT2D eigenvalue weighted by molar-refractivity contribution is -0.123. The smallest absolute Gasteiger partial charge is 0.414 e. The number of carbonyl (C=O) groups excluding carboxylic acids is 2. The van der Waals surface area contributed by atoms with Gasteiger partial charge in [0, 0.05) is 40.0 Å². The van der Waals surface area contributed by atoms with Crippen LogP contribution in [0.2, 0.25) is 5.02 Å². The van der Waals surface area contributed by atoms with Crippen molar-refractivity contribution >= 4 is 50.4 Å². The molecule has 2 aliphatic rings. The summed E-state index contributed by atoms with van der Waals surface area (Å²) in [5, 5.41) is 3.99. The largest absolute Gasteiger partial charge is 0.449 e. The van der Waals surface area contributed by atoms with Gasteiger partial charge in [-0.3, -0.25) is 14.7 Å². The molecule has 10 heteroatoms. The minimum Gasteiger partial charge on any atom is -0.449 e. The van der Waals surface area contributed by atoms with Crippen LogP contribution in [-0.4, -0.2) is 55.9 Å². The number of Topliss-reactive ketones (excluding diaryl/α,β-unsaturated/α-hetero) is 1. The number of nitrogens with zero attached hydrogens (tertiary/aromatic N) is 2. The van der Waals surface area contributed by atoms with E-state index in [4.69, 9.17) is 21.3 Å². The lowest BCUT2D eigenvalue weighted by Crippen LogP contribution is -2.45. The first-order chi connectivity index (χ1) is 20.0. The van der Waals surface area contributed by atoms with Gasteiger partial charge in [0.25, 0.3) is 0 Å². The van der Waals surface area contributed by atoms with Crippen molar-refractivity contribution in [1.82, 2.24) is 4.90 Å². The van der Waals surface area contributed by atoms with Crippen LogP contribution < -0.4 is 5.32 Å². The highest BCUT2D eigenvalue weighted by Crippen LogP contribution is 2.40. The summed E-state index contributed by atoms with van der Waals surface area (Å²) in [6.45, 7) is 3.68. The maximum Gasteiger partial charge on any atom is 0.414 e. The van der Waals surface area contributed by atoms with Crippen molar-refractivity contribution in [2.75, 3.05) is 18.2 Å². The van der Waals surface area contributed by atoms with Gasteiger partial charge < -0.3 is 10.1 Å². The van der Waals surface area contributed by atoms with Gasteiger partial charge in [-0.15, -0.1) is 0 Å². The molecule has 0 bridgehead atoms. The zero-order valence-corrected chi connectivity index (χ0v) is 25.2. The average molecular weight is 606 g/mol. The Hall–Kier alpha value is -3.95. The minimum absolute atomic E-state index is 0.0859. The number of aliphatic imine (C=N–C) groups is 1. The van der Waals surface area contributed by atoms with Crippen LogP contribution in [-0.2, 0) is 31.5 Å². The van der Waals surface area contributed by atoms with Crippen LogP contribution >= 0.6 is 11.6 Å². The second kappa shape index (κ2) is 12.1. The number of halogens is 1. The van der Waals surface area contributed by atoms with Crippen molar-refractivity contribution in [3.63, 3.8) is 0 Å². The third-order valence-corrected chi connectivity index (χ3v) is 8.44.